The molecule has 1 amide bonds. The van der Waals surface area contributed by atoms with Crippen molar-refractivity contribution in [3.05, 3.63) is 65.2 Å². The third-order valence-electron chi connectivity index (χ3n) is 2.77. The molecule has 0 aliphatic carbocycles. The topological polar surface area (TPSA) is 66.4 Å². The van der Waals surface area contributed by atoms with E-state index in [-0.39, 0.29) is 11.1 Å². The van der Waals surface area contributed by atoms with Gasteiger partial charge in [-0.15, -0.1) is 11.6 Å². The van der Waals surface area contributed by atoms with Crippen LogP contribution >= 0.6 is 11.6 Å². The predicted octanol–water partition coefficient (Wildman–Crippen LogP) is 3.38. The Bertz CT molecular complexity index is 638. The largest absolute Gasteiger partial charge is 0.478 e. The van der Waals surface area contributed by atoms with Gasteiger partial charge in [0.1, 0.15) is 0 Å². The smallest absolute Gasteiger partial charge is 0.336 e. The van der Waals surface area contributed by atoms with Crippen LogP contribution in [0.5, 0.6) is 0 Å². The summed E-state index contributed by atoms with van der Waals surface area (Å²) in [5.41, 5.74) is 1.63. The van der Waals surface area contributed by atoms with Gasteiger partial charge in [0.2, 0.25) is 0 Å². The number of carbonyl (C=O) groups is 2. The van der Waals surface area contributed by atoms with Crippen LogP contribution < -0.4 is 5.32 Å². The Balaban J connectivity index is 2.21. The van der Waals surface area contributed by atoms with Crippen LogP contribution in [0.1, 0.15) is 26.3 Å². The van der Waals surface area contributed by atoms with Gasteiger partial charge < -0.3 is 10.4 Å². The van der Waals surface area contributed by atoms with Gasteiger partial charge in [0.25, 0.3) is 5.91 Å². The quantitative estimate of drug-likeness (QED) is 0.848. The maximum absolute atomic E-state index is 12.1. The van der Waals surface area contributed by atoms with Gasteiger partial charge in [0, 0.05) is 11.6 Å². The lowest BCUT2D eigenvalue weighted by atomic mass is 10.1. The Morgan fingerprint density at radius 2 is 1.60 bits per heavy atom. The minimum absolute atomic E-state index is 0.0256. The van der Waals surface area contributed by atoms with Crippen LogP contribution in [-0.2, 0) is 5.88 Å². The van der Waals surface area contributed by atoms with Crippen molar-refractivity contribution in [1.82, 2.24) is 0 Å². The van der Waals surface area contributed by atoms with Crippen molar-refractivity contribution < 1.29 is 14.7 Å². The molecule has 0 aliphatic rings. The zero-order valence-electron chi connectivity index (χ0n) is 10.5. The Hall–Kier alpha value is -2.33. The summed E-state index contributed by atoms with van der Waals surface area (Å²) in [4.78, 5) is 23.2. The van der Waals surface area contributed by atoms with Crippen LogP contribution in [0.3, 0.4) is 0 Å². The maximum atomic E-state index is 12.1. The molecule has 0 fully saturated rings. The average molecular weight is 290 g/mol. The van der Waals surface area contributed by atoms with E-state index in [1.807, 2.05) is 0 Å². The lowest BCUT2D eigenvalue weighted by Crippen LogP contribution is -2.16. The molecule has 0 unspecified atom stereocenters. The minimum atomic E-state index is -1.13. The number of aromatic carboxylic acids is 1. The fourth-order valence-electron chi connectivity index (χ4n) is 1.74. The zero-order chi connectivity index (χ0) is 14.5. The molecule has 102 valence electrons. The molecule has 0 bridgehead atoms. The van der Waals surface area contributed by atoms with Crippen molar-refractivity contribution in [2.75, 3.05) is 5.32 Å². The van der Waals surface area contributed by atoms with Gasteiger partial charge >= 0.3 is 5.97 Å². The molecule has 2 rings (SSSR count). The van der Waals surface area contributed by atoms with Crippen molar-refractivity contribution in [1.29, 1.82) is 0 Å². The highest BCUT2D eigenvalue weighted by Gasteiger charge is 2.15. The molecule has 2 aromatic rings. The maximum Gasteiger partial charge on any atom is 0.336 e. The number of rotatable bonds is 4. The van der Waals surface area contributed by atoms with Crippen molar-refractivity contribution in [3.8, 4) is 0 Å². The molecule has 4 nitrogen and oxygen atoms in total. The summed E-state index contributed by atoms with van der Waals surface area (Å²) in [6, 6.07) is 13.1. The number of nitrogens with one attached hydrogen (secondary N) is 1. The van der Waals surface area contributed by atoms with Crippen molar-refractivity contribution in [3.63, 3.8) is 0 Å². The van der Waals surface area contributed by atoms with Crippen molar-refractivity contribution in [2.45, 2.75) is 5.88 Å². The lowest BCUT2D eigenvalue weighted by molar-refractivity contribution is 0.0692. The van der Waals surface area contributed by atoms with Crippen LogP contribution in [0.15, 0.2) is 48.5 Å². The van der Waals surface area contributed by atoms with Gasteiger partial charge in [0.05, 0.1) is 11.1 Å². The number of carboxylic acid groups (broad SMARTS) is 1. The van der Waals surface area contributed by atoms with Gasteiger partial charge in [0.15, 0.2) is 0 Å². The number of hydrogen-bond acceptors (Lipinski definition) is 2. The molecule has 0 aliphatic heterocycles. The van der Waals surface area contributed by atoms with E-state index < -0.39 is 11.9 Å². The first-order chi connectivity index (χ1) is 9.61. The molecule has 0 spiro atoms. The highest BCUT2D eigenvalue weighted by Crippen LogP contribution is 2.15. The predicted molar refractivity (Wildman–Crippen MR) is 77.4 cm³/mol. The Morgan fingerprint density at radius 3 is 2.15 bits per heavy atom. The number of hydrogen-bond donors (Lipinski definition) is 2. The number of halogens is 1. The Labute approximate surface area is 121 Å². The second-order valence-electron chi connectivity index (χ2n) is 4.14. The standard InChI is InChI=1S/C15H12ClNO3/c16-9-10-5-7-11(8-6-10)17-14(18)12-3-1-2-4-13(12)15(19)20/h1-8H,9H2,(H,17,18)(H,19,20). The summed E-state index contributed by atoms with van der Waals surface area (Å²) in [6.07, 6.45) is 0. The molecule has 0 heterocycles. The van der Waals surface area contributed by atoms with Crippen LogP contribution in [0.4, 0.5) is 5.69 Å². The number of carbonyl (C=O) groups excluding carboxylic acids is 1. The first kappa shape index (κ1) is 14.1. The first-order valence-electron chi connectivity index (χ1n) is 5.90. The monoisotopic (exact) mass is 289 g/mol. The zero-order valence-corrected chi connectivity index (χ0v) is 11.2. The molecule has 2 aromatic carbocycles. The molecular weight excluding hydrogens is 278 g/mol. The molecule has 0 atom stereocenters. The first-order valence-corrected chi connectivity index (χ1v) is 6.44. The van der Waals surface area contributed by atoms with Crippen LogP contribution in [0.25, 0.3) is 0 Å². The summed E-state index contributed by atoms with van der Waals surface area (Å²) in [5, 5.41) is 11.7. The van der Waals surface area contributed by atoms with Crippen LogP contribution in [0, 0.1) is 0 Å². The van der Waals surface area contributed by atoms with E-state index in [1.165, 1.54) is 12.1 Å². The normalized spacial score (nSPS) is 10.1. The molecular formula is C15H12ClNO3. The third-order valence-corrected chi connectivity index (χ3v) is 3.08. The molecule has 0 aromatic heterocycles. The molecule has 0 saturated heterocycles. The van der Waals surface area contributed by atoms with E-state index >= 15 is 0 Å². The number of benzene rings is 2. The highest BCUT2D eigenvalue weighted by molar-refractivity contribution is 6.17. The fraction of sp³-hybridized carbons (Fsp3) is 0.0667. The second-order valence-corrected chi connectivity index (χ2v) is 4.40. The number of amides is 1. The van der Waals surface area contributed by atoms with E-state index in [9.17, 15) is 9.59 Å². The van der Waals surface area contributed by atoms with Crippen molar-refractivity contribution in [2.24, 2.45) is 0 Å². The van der Waals surface area contributed by atoms with Gasteiger partial charge in [-0.3, -0.25) is 4.79 Å². The Morgan fingerprint density at radius 1 is 1.00 bits per heavy atom. The van der Waals surface area contributed by atoms with E-state index in [1.54, 1.807) is 36.4 Å². The SMILES string of the molecule is O=C(O)c1ccccc1C(=O)Nc1ccc(CCl)cc1. The molecule has 0 radical (unpaired) electrons. The van der Waals surface area contributed by atoms with Crippen LogP contribution in [0.2, 0.25) is 0 Å². The average Bonchev–Trinajstić information content (AvgIpc) is 2.48. The number of carboxylic acids is 1. The van der Waals surface area contributed by atoms with Gasteiger partial charge in [-0.05, 0) is 29.8 Å². The highest BCUT2D eigenvalue weighted by atomic mass is 35.5. The van der Waals surface area contributed by atoms with Gasteiger partial charge in [-0.2, -0.15) is 0 Å². The van der Waals surface area contributed by atoms with E-state index in [2.05, 4.69) is 5.32 Å². The van der Waals surface area contributed by atoms with Crippen molar-refractivity contribution >= 4 is 29.2 Å². The third kappa shape index (κ3) is 3.16. The van der Waals surface area contributed by atoms with Gasteiger partial charge in [-0.1, -0.05) is 24.3 Å². The number of alkyl halides is 1. The number of anilines is 1. The van der Waals surface area contributed by atoms with E-state index in [4.69, 9.17) is 16.7 Å². The molecule has 20 heavy (non-hydrogen) atoms. The Kier molecular flexibility index (Phi) is 4.38. The summed E-state index contributed by atoms with van der Waals surface area (Å²) in [7, 11) is 0. The van der Waals surface area contributed by atoms with E-state index in [0.717, 1.165) is 5.56 Å². The summed E-state index contributed by atoms with van der Waals surface area (Å²) >= 11 is 5.68. The molecule has 5 heteroatoms. The summed E-state index contributed by atoms with van der Waals surface area (Å²) < 4.78 is 0. The van der Waals surface area contributed by atoms with E-state index in [0.29, 0.717) is 11.6 Å². The van der Waals surface area contributed by atoms with Gasteiger partial charge in [-0.25, -0.2) is 4.79 Å². The molecule has 0 saturated carbocycles. The van der Waals surface area contributed by atoms with Crippen LogP contribution in [-0.4, -0.2) is 17.0 Å². The minimum Gasteiger partial charge on any atom is -0.478 e. The lowest BCUT2D eigenvalue weighted by Gasteiger charge is -2.08. The molecule has 2 N–H and O–H groups in total. The summed E-state index contributed by atoms with van der Waals surface area (Å²) in [5.74, 6) is -1.19. The fourth-order valence-corrected chi connectivity index (χ4v) is 1.92. The second kappa shape index (κ2) is 6.21. The summed E-state index contributed by atoms with van der Waals surface area (Å²) in [6.45, 7) is 0.